The molecule has 0 amide bonds. The highest BCUT2D eigenvalue weighted by atomic mass is 16.5. The van der Waals surface area contributed by atoms with Crippen LogP contribution in [-0.4, -0.2) is 18.5 Å². The molecule has 3 aliphatic rings. The smallest absolute Gasteiger partial charge is 0.131 e. The van der Waals surface area contributed by atoms with Gasteiger partial charge in [-0.25, -0.2) is 0 Å². The van der Waals surface area contributed by atoms with Gasteiger partial charge in [-0.2, -0.15) is 0 Å². The van der Waals surface area contributed by atoms with E-state index in [4.69, 9.17) is 4.74 Å². The Hall–Kier alpha value is -1.96. The summed E-state index contributed by atoms with van der Waals surface area (Å²) in [5.41, 5.74) is 8.62. The van der Waals surface area contributed by atoms with Crippen LogP contribution in [0.25, 0.3) is 5.70 Å². The molecule has 0 fully saturated rings. The van der Waals surface area contributed by atoms with Crippen LogP contribution < -0.4 is 0 Å². The molecule has 1 aliphatic heterocycles. The SMILES string of the molecule is CC1=C(c2cccc3c2CCC3)N(C)CC2=C(O1)C(C(C)(C)C)=CCC2. The Morgan fingerprint density at radius 2 is 1.88 bits per heavy atom. The van der Waals surface area contributed by atoms with Crippen LogP contribution in [0.3, 0.4) is 0 Å². The van der Waals surface area contributed by atoms with Crippen molar-refractivity contribution in [3.8, 4) is 0 Å². The minimum atomic E-state index is 0.109. The van der Waals surface area contributed by atoms with Gasteiger partial charge >= 0.3 is 0 Å². The second-order valence-corrected chi connectivity index (χ2v) is 9.00. The summed E-state index contributed by atoms with van der Waals surface area (Å²) < 4.78 is 6.60. The van der Waals surface area contributed by atoms with Crippen molar-refractivity contribution in [3.63, 3.8) is 0 Å². The van der Waals surface area contributed by atoms with Crippen molar-refractivity contribution < 1.29 is 4.74 Å². The monoisotopic (exact) mass is 349 g/mol. The number of allylic oxidation sites excluding steroid dienone is 3. The van der Waals surface area contributed by atoms with Crippen LogP contribution in [-0.2, 0) is 17.6 Å². The fourth-order valence-electron chi connectivity index (χ4n) is 4.78. The zero-order valence-corrected chi connectivity index (χ0v) is 16.9. The fourth-order valence-corrected chi connectivity index (χ4v) is 4.78. The largest absolute Gasteiger partial charge is 0.460 e. The summed E-state index contributed by atoms with van der Waals surface area (Å²) in [6, 6.07) is 6.79. The molecule has 0 radical (unpaired) electrons. The van der Waals surface area contributed by atoms with Gasteiger partial charge in [0.1, 0.15) is 11.5 Å². The second kappa shape index (κ2) is 6.33. The maximum Gasteiger partial charge on any atom is 0.131 e. The van der Waals surface area contributed by atoms with Crippen molar-refractivity contribution in [3.05, 3.63) is 63.6 Å². The molecule has 2 heteroatoms. The summed E-state index contributed by atoms with van der Waals surface area (Å²) in [5, 5.41) is 0. The average Bonchev–Trinajstić information content (AvgIpc) is 3.00. The number of hydrogen-bond acceptors (Lipinski definition) is 2. The Labute approximate surface area is 158 Å². The van der Waals surface area contributed by atoms with E-state index < -0.39 is 0 Å². The lowest BCUT2D eigenvalue weighted by Gasteiger charge is -2.29. The summed E-state index contributed by atoms with van der Waals surface area (Å²) in [5.74, 6) is 2.17. The Kier molecular flexibility index (Phi) is 4.25. The molecule has 0 atom stereocenters. The van der Waals surface area contributed by atoms with Crippen LogP contribution in [0, 0.1) is 5.41 Å². The molecule has 0 aromatic heterocycles. The highest BCUT2D eigenvalue weighted by molar-refractivity contribution is 5.71. The van der Waals surface area contributed by atoms with Crippen LogP contribution in [0.1, 0.15) is 63.6 Å². The summed E-state index contributed by atoms with van der Waals surface area (Å²) in [6.45, 7) is 9.97. The van der Waals surface area contributed by atoms with Gasteiger partial charge in [-0.05, 0) is 66.7 Å². The van der Waals surface area contributed by atoms with E-state index in [9.17, 15) is 0 Å². The molecule has 0 bridgehead atoms. The predicted molar refractivity (Wildman–Crippen MR) is 109 cm³/mol. The van der Waals surface area contributed by atoms with Gasteiger partial charge in [0.25, 0.3) is 0 Å². The quantitative estimate of drug-likeness (QED) is 0.631. The lowest BCUT2D eigenvalue weighted by atomic mass is 9.80. The molecule has 2 aliphatic carbocycles. The van der Waals surface area contributed by atoms with E-state index in [1.165, 1.54) is 52.8 Å². The number of likely N-dealkylation sites (N-methyl/N-ethyl adjacent to an activating group) is 1. The van der Waals surface area contributed by atoms with Gasteiger partial charge in [0.15, 0.2) is 0 Å². The standard InChI is InChI=1S/C24H31NO/c1-16-22(20-13-7-10-17-9-6-12-19(17)20)25(5)15-18-11-8-14-21(23(18)26-16)24(2,3)4/h7,10,13-14H,6,8-9,11-12,15H2,1-5H3. The lowest BCUT2D eigenvalue weighted by Crippen LogP contribution is -2.22. The molecule has 1 aromatic carbocycles. The molecular weight excluding hydrogens is 318 g/mol. The third-order valence-electron chi connectivity index (χ3n) is 5.97. The number of hydrogen-bond donors (Lipinski definition) is 0. The summed E-state index contributed by atoms with van der Waals surface area (Å²) in [6.07, 6.45) is 8.29. The topological polar surface area (TPSA) is 12.5 Å². The molecular formula is C24H31NO. The summed E-state index contributed by atoms with van der Waals surface area (Å²) in [4.78, 5) is 2.41. The molecule has 2 nitrogen and oxygen atoms in total. The van der Waals surface area contributed by atoms with Gasteiger partial charge in [-0.1, -0.05) is 45.0 Å². The zero-order chi connectivity index (χ0) is 18.5. The minimum absolute atomic E-state index is 0.109. The summed E-state index contributed by atoms with van der Waals surface area (Å²) >= 11 is 0. The first kappa shape index (κ1) is 17.5. The number of aryl methyl sites for hydroxylation is 1. The van der Waals surface area contributed by atoms with Gasteiger partial charge in [0.2, 0.25) is 0 Å². The predicted octanol–water partition coefficient (Wildman–Crippen LogP) is 5.85. The number of nitrogens with zero attached hydrogens (tertiary/aromatic N) is 1. The van der Waals surface area contributed by atoms with Gasteiger partial charge in [0.05, 0.1) is 5.70 Å². The van der Waals surface area contributed by atoms with E-state index in [1.54, 1.807) is 0 Å². The molecule has 0 unspecified atom stereocenters. The first-order valence-electron chi connectivity index (χ1n) is 10.0. The van der Waals surface area contributed by atoms with E-state index >= 15 is 0 Å². The number of rotatable bonds is 1. The van der Waals surface area contributed by atoms with Gasteiger partial charge < -0.3 is 9.64 Å². The van der Waals surface area contributed by atoms with Gasteiger partial charge in [-0.3, -0.25) is 0 Å². The first-order chi connectivity index (χ1) is 12.4. The van der Waals surface area contributed by atoms with Gasteiger partial charge in [-0.15, -0.1) is 0 Å². The Bertz CT molecular complexity index is 832. The molecule has 1 aromatic rings. The maximum atomic E-state index is 6.60. The van der Waals surface area contributed by atoms with E-state index in [1.807, 2.05) is 0 Å². The molecule has 0 saturated heterocycles. The van der Waals surface area contributed by atoms with E-state index in [2.05, 4.69) is 63.9 Å². The van der Waals surface area contributed by atoms with Crippen LogP contribution in [0.5, 0.6) is 0 Å². The van der Waals surface area contributed by atoms with Crippen molar-refractivity contribution >= 4 is 5.70 Å². The maximum absolute atomic E-state index is 6.60. The second-order valence-electron chi connectivity index (χ2n) is 9.00. The summed E-state index contributed by atoms with van der Waals surface area (Å²) in [7, 11) is 2.22. The molecule has 0 spiro atoms. The van der Waals surface area contributed by atoms with Crippen LogP contribution in [0.15, 0.2) is 46.9 Å². The normalized spacial score (nSPS) is 20.5. The van der Waals surface area contributed by atoms with Gasteiger partial charge in [0, 0.05) is 19.2 Å². The number of benzene rings is 1. The van der Waals surface area contributed by atoms with Crippen molar-refractivity contribution in [2.45, 2.75) is 59.8 Å². The molecule has 26 heavy (non-hydrogen) atoms. The molecule has 0 saturated carbocycles. The fraction of sp³-hybridized carbons (Fsp3) is 0.500. The van der Waals surface area contributed by atoms with Crippen LogP contribution >= 0.6 is 0 Å². The van der Waals surface area contributed by atoms with Crippen molar-refractivity contribution in [1.82, 2.24) is 4.90 Å². The Morgan fingerprint density at radius 1 is 1.08 bits per heavy atom. The van der Waals surface area contributed by atoms with Crippen LogP contribution in [0.4, 0.5) is 0 Å². The third kappa shape index (κ3) is 2.90. The van der Waals surface area contributed by atoms with Crippen molar-refractivity contribution in [2.75, 3.05) is 13.6 Å². The molecule has 1 heterocycles. The zero-order valence-electron chi connectivity index (χ0n) is 16.9. The minimum Gasteiger partial charge on any atom is -0.460 e. The average molecular weight is 350 g/mol. The van der Waals surface area contributed by atoms with E-state index in [0.717, 1.165) is 30.9 Å². The van der Waals surface area contributed by atoms with Crippen molar-refractivity contribution in [2.24, 2.45) is 5.41 Å². The van der Waals surface area contributed by atoms with E-state index in [0.29, 0.717) is 0 Å². The Morgan fingerprint density at radius 3 is 2.65 bits per heavy atom. The van der Waals surface area contributed by atoms with E-state index in [-0.39, 0.29) is 5.41 Å². The lowest BCUT2D eigenvalue weighted by molar-refractivity contribution is 0.290. The van der Waals surface area contributed by atoms with Crippen molar-refractivity contribution in [1.29, 1.82) is 0 Å². The number of ether oxygens (including phenoxy) is 1. The molecule has 138 valence electrons. The highest BCUT2D eigenvalue weighted by Crippen LogP contribution is 2.43. The third-order valence-corrected chi connectivity index (χ3v) is 5.97. The van der Waals surface area contributed by atoms with Crippen LogP contribution in [0.2, 0.25) is 0 Å². The highest BCUT2D eigenvalue weighted by Gasteiger charge is 2.32. The first-order valence-corrected chi connectivity index (χ1v) is 10.0. The Balaban J connectivity index is 1.79. The molecule has 0 N–H and O–H groups in total. The number of fused-ring (bicyclic) bond motifs is 1. The molecule has 4 rings (SSSR count).